The van der Waals surface area contributed by atoms with Gasteiger partial charge in [0.2, 0.25) is 0 Å². The van der Waals surface area contributed by atoms with Gasteiger partial charge >= 0.3 is 0 Å². The van der Waals surface area contributed by atoms with E-state index in [0.29, 0.717) is 0 Å². The Labute approximate surface area is 99.1 Å². The van der Waals surface area contributed by atoms with Crippen molar-refractivity contribution in [1.29, 1.82) is 0 Å². The highest BCUT2D eigenvalue weighted by molar-refractivity contribution is 7.99. The lowest BCUT2D eigenvalue weighted by atomic mass is 10.2. The molecule has 0 aromatic carbocycles. The zero-order valence-electron chi connectivity index (χ0n) is 9.09. The van der Waals surface area contributed by atoms with Crippen LogP contribution in [0.5, 0.6) is 0 Å². The lowest BCUT2D eigenvalue weighted by molar-refractivity contribution is 0.422. The molecule has 0 aliphatic heterocycles. The van der Waals surface area contributed by atoms with Crippen LogP contribution in [0.4, 0.5) is 0 Å². The summed E-state index contributed by atoms with van der Waals surface area (Å²) in [5.74, 6) is 0.924. The number of nitrogens with zero attached hydrogens (tertiary/aromatic N) is 1. The molecular formula is C12H14N2OS. The van der Waals surface area contributed by atoms with E-state index in [2.05, 4.69) is 4.98 Å². The molecule has 2 rings (SSSR count). The maximum atomic E-state index is 5.71. The fourth-order valence-corrected chi connectivity index (χ4v) is 2.10. The number of hydrogen-bond acceptors (Lipinski definition) is 4. The third-order valence-corrected chi connectivity index (χ3v) is 2.87. The number of aromatic nitrogens is 1. The first-order valence-electron chi connectivity index (χ1n) is 5.17. The Morgan fingerprint density at radius 3 is 2.94 bits per heavy atom. The summed E-state index contributed by atoms with van der Waals surface area (Å²) in [6, 6.07) is 9.86. The molecule has 0 fully saturated rings. The van der Waals surface area contributed by atoms with E-state index in [0.717, 1.165) is 22.3 Å². The van der Waals surface area contributed by atoms with Gasteiger partial charge in [-0.3, -0.25) is 0 Å². The molecule has 0 saturated heterocycles. The van der Waals surface area contributed by atoms with Gasteiger partial charge in [-0.05, 0) is 43.0 Å². The third-order valence-electron chi connectivity index (χ3n) is 2.00. The molecule has 84 valence electrons. The fourth-order valence-electron chi connectivity index (χ4n) is 1.35. The van der Waals surface area contributed by atoms with E-state index in [9.17, 15) is 0 Å². The van der Waals surface area contributed by atoms with Gasteiger partial charge in [-0.25, -0.2) is 4.98 Å². The molecule has 2 N–H and O–H groups in total. The Bertz CT molecular complexity index is 439. The lowest BCUT2D eigenvalue weighted by Crippen LogP contribution is -2.17. The average Bonchev–Trinajstić information content (AvgIpc) is 2.66. The first-order valence-corrected chi connectivity index (χ1v) is 5.99. The number of hydrogen-bond donors (Lipinski definition) is 1. The van der Waals surface area contributed by atoms with Crippen LogP contribution in [-0.4, -0.2) is 11.0 Å². The summed E-state index contributed by atoms with van der Waals surface area (Å²) < 4.78 is 5.64. The average molecular weight is 234 g/mol. The highest BCUT2D eigenvalue weighted by Gasteiger charge is 2.06. The van der Waals surface area contributed by atoms with Crippen LogP contribution in [0.1, 0.15) is 12.7 Å². The molecule has 1 atom stereocenters. The van der Waals surface area contributed by atoms with Gasteiger partial charge in [-0.2, -0.15) is 0 Å². The number of furan rings is 1. The van der Waals surface area contributed by atoms with E-state index >= 15 is 0 Å². The van der Waals surface area contributed by atoms with E-state index < -0.39 is 0 Å². The van der Waals surface area contributed by atoms with Gasteiger partial charge in [0.1, 0.15) is 10.8 Å². The van der Waals surface area contributed by atoms with E-state index in [4.69, 9.17) is 10.2 Å². The van der Waals surface area contributed by atoms with Gasteiger partial charge in [-0.1, -0.05) is 6.07 Å². The van der Waals surface area contributed by atoms with Gasteiger partial charge in [0.25, 0.3) is 0 Å². The van der Waals surface area contributed by atoms with Gasteiger partial charge in [0, 0.05) is 18.7 Å². The quantitative estimate of drug-likeness (QED) is 0.883. The molecule has 3 nitrogen and oxygen atoms in total. The minimum absolute atomic E-state index is 0.124. The van der Waals surface area contributed by atoms with Crippen molar-refractivity contribution in [3.05, 3.63) is 42.3 Å². The molecule has 0 saturated carbocycles. The van der Waals surface area contributed by atoms with Crippen LogP contribution in [0.2, 0.25) is 0 Å². The standard InChI is InChI=1S/C12H14N2OS/c1-9(13)8-10-5-6-12(15-10)16-11-4-2-3-7-14-11/h2-7,9H,8,13H2,1H3. The Balaban J connectivity index is 2.03. The van der Waals surface area contributed by atoms with E-state index in [-0.39, 0.29) is 6.04 Å². The topological polar surface area (TPSA) is 52.0 Å². The van der Waals surface area contributed by atoms with Gasteiger partial charge in [-0.15, -0.1) is 0 Å². The van der Waals surface area contributed by atoms with Crippen LogP contribution < -0.4 is 5.73 Å². The molecule has 0 amide bonds. The van der Waals surface area contributed by atoms with Gasteiger partial charge in [0.05, 0.1) is 0 Å². The monoisotopic (exact) mass is 234 g/mol. The van der Waals surface area contributed by atoms with Crippen molar-refractivity contribution in [2.24, 2.45) is 5.73 Å². The van der Waals surface area contributed by atoms with Gasteiger partial charge in [0.15, 0.2) is 5.09 Å². The Hall–Kier alpha value is -1.26. The largest absolute Gasteiger partial charge is 0.454 e. The maximum Gasteiger partial charge on any atom is 0.166 e. The Morgan fingerprint density at radius 2 is 2.25 bits per heavy atom. The van der Waals surface area contributed by atoms with Crippen molar-refractivity contribution in [3.63, 3.8) is 0 Å². The third kappa shape index (κ3) is 3.12. The van der Waals surface area contributed by atoms with Crippen LogP contribution in [0.25, 0.3) is 0 Å². The first kappa shape index (κ1) is 11.2. The second-order valence-electron chi connectivity index (χ2n) is 3.67. The second-order valence-corrected chi connectivity index (χ2v) is 4.70. The van der Waals surface area contributed by atoms with Crippen molar-refractivity contribution in [2.75, 3.05) is 0 Å². The zero-order chi connectivity index (χ0) is 11.4. The lowest BCUT2D eigenvalue weighted by Gasteiger charge is -2.00. The zero-order valence-corrected chi connectivity index (χ0v) is 9.91. The van der Waals surface area contributed by atoms with Crippen molar-refractivity contribution in [1.82, 2.24) is 4.98 Å². The molecular weight excluding hydrogens is 220 g/mol. The van der Waals surface area contributed by atoms with Crippen molar-refractivity contribution in [2.45, 2.75) is 29.5 Å². The predicted molar refractivity (Wildman–Crippen MR) is 64.4 cm³/mol. The molecule has 0 spiro atoms. The molecule has 0 aliphatic rings. The summed E-state index contributed by atoms with van der Waals surface area (Å²) >= 11 is 1.52. The summed E-state index contributed by atoms with van der Waals surface area (Å²) in [4.78, 5) is 4.22. The molecule has 16 heavy (non-hydrogen) atoms. The SMILES string of the molecule is CC(N)Cc1ccc(Sc2ccccn2)o1. The van der Waals surface area contributed by atoms with E-state index in [1.807, 2.05) is 37.3 Å². The predicted octanol–water partition coefficient (Wildman–Crippen LogP) is 2.72. The van der Waals surface area contributed by atoms with Crippen molar-refractivity contribution >= 4 is 11.8 Å². The minimum Gasteiger partial charge on any atom is -0.454 e. The van der Waals surface area contributed by atoms with Gasteiger partial charge < -0.3 is 10.2 Å². The smallest absolute Gasteiger partial charge is 0.166 e. The maximum absolute atomic E-state index is 5.71. The first-order chi connectivity index (χ1) is 7.74. The molecule has 0 radical (unpaired) electrons. The van der Waals surface area contributed by atoms with Crippen molar-refractivity contribution in [3.8, 4) is 0 Å². The summed E-state index contributed by atoms with van der Waals surface area (Å²) in [5, 5.41) is 1.79. The summed E-state index contributed by atoms with van der Waals surface area (Å²) in [6.07, 6.45) is 2.54. The highest BCUT2D eigenvalue weighted by Crippen LogP contribution is 2.27. The molecule has 2 aromatic heterocycles. The summed E-state index contributed by atoms with van der Waals surface area (Å²) in [6.45, 7) is 1.97. The molecule has 0 aliphatic carbocycles. The number of pyridine rings is 1. The number of rotatable bonds is 4. The molecule has 2 aromatic rings. The van der Waals surface area contributed by atoms with Crippen molar-refractivity contribution < 1.29 is 4.42 Å². The Kier molecular flexibility index (Phi) is 3.64. The van der Waals surface area contributed by atoms with Crippen LogP contribution in [-0.2, 0) is 6.42 Å². The molecule has 1 unspecified atom stereocenters. The summed E-state index contributed by atoms with van der Waals surface area (Å²) in [5.41, 5.74) is 5.71. The normalized spacial score (nSPS) is 12.6. The molecule has 4 heteroatoms. The van der Waals surface area contributed by atoms with Crippen LogP contribution in [0, 0.1) is 0 Å². The highest BCUT2D eigenvalue weighted by atomic mass is 32.2. The minimum atomic E-state index is 0.124. The molecule has 0 bridgehead atoms. The summed E-state index contributed by atoms with van der Waals surface area (Å²) in [7, 11) is 0. The fraction of sp³-hybridized carbons (Fsp3) is 0.250. The second kappa shape index (κ2) is 5.18. The van der Waals surface area contributed by atoms with Crippen LogP contribution in [0.3, 0.4) is 0 Å². The molecule has 2 heterocycles. The van der Waals surface area contributed by atoms with E-state index in [1.165, 1.54) is 11.8 Å². The van der Waals surface area contributed by atoms with E-state index in [1.54, 1.807) is 6.20 Å². The number of nitrogens with two attached hydrogens (primary N) is 1. The Morgan fingerprint density at radius 1 is 1.38 bits per heavy atom. The van der Waals surface area contributed by atoms with Crippen LogP contribution >= 0.6 is 11.8 Å². The van der Waals surface area contributed by atoms with Crippen LogP contribution in [0.15, 0.2) is 51.1 Å².